The van der Waals surface area contributed by atoms with Crippen LogP contribution in [-0.4, -0.2) is 45.3 Å². The van der Waals surface area contributed by atoms with Gasteiger partial charge in [-0.25, -0.2) is 4.98 Å². The number of benzene rings is 1. The van der Waals surface area contributed by atoms with Crippen molar-refractivity contribution >= 4 is 0 Å². The zero-order chi connectivity index (χ0) is 17.9. The van der Waals surface area contributed by atoms with Gasteiger partial charge in [0.15, 0.2) is 0 Å². The van der Waals surface area contributed by atoms with E-state index in [2.05, 4.69) is 41.8 Å². The number of aromatic nitrogens is 4. The van der Waals surface area contributed by atoms with Gasteiger partial charge in [0.2, 0.25) is 0 Å². The summed E-state index contributed by atoms with van der Waals surface area (Å²) in [7, 11) is 0. The Labute approximate surface area is 153 Å². The molecule has 6 nitrogen and oxygen atoms in total. The number of hydrogen-bond acceptors (Lipinski definition) is 4. The first-order valence-corrected chi connectivity index (χ1v) is 9.07. The van der Waals surface area contributed by atoms with Crippen LogP contribution in [0, 0.1) is 0 Å². The molecule has 1 atom stereocenters. The van der Waals surface area contributed by atoms with E-state index < -0.39 is 0 Å². The smallest absolute Gasteiger partial charge is 0.0988 e. The molecule has 0 amide bonds. The van der Waals surface area contributed by atoms with Crippen LogP contribution in [0.4, 0.5) is 0 Å². The second-order valence-electron chi connectivity index (χ2n) is 6.83. The summed E-state index contributed by atoms with van der Waals surface area (Å²) < 4.78 is 15.5. The lowest BCUT2D eigenvalue weighted by Crippen LogP contribution is -2.32. The van der Waals surface area contributed by atoms with Crippen LogP contribution in [-0.2, 0) is 16.0 Å². The Kier molecular flexibility index (Phi) is 4.86. The molecule has 136 valence electrons. The molecule has 26 heavy (non-hydrogen) atoms. The summed E-state index contributed by atoms with van der Waals surface area (Å²) in [5, 5.41) is 4.51. The SMILES string of the molecule is CC(C)n1cc(-c2c(-c3ccccc3)ncn2CC2COCCO2)cn1. The average Bonchev–Trinajstić information content (AvgIpc) is 3.30. The van der Waals surface area contributed by atoms with Crippen LogP contribution >= 0.6 is 0 Å². The van der Waals surface area contributed by atoms with Gasteiger partial charge < -0.3 is 14.0 Å². The maximum Gasteiger partial charge on any atom is 0.0988 e. The largest absolute Gasteiger partial charge is 0.376 e. The predicted molar refractivity (Wildman–Crippen MR) is 99.8 cm³/mol. The van der Waals surface area contributed by atoms with Crippen molar-refractivity contribution in [3.05, 3.63) is 49.1 Å². The van der Waals surface area contributed by atoms with E-state index in [1.54, 1.807) is 0 Å². The Morgan fingerprint density at radius 2 is 2.00 bits per heavy atom. The first-order valence-electron chi connectivity index (χ1n) is 9.07. The van der Waals surface area contributed by atoms with E-state index in [0.29, 0.717) is 32.4 Å². The molecule has 1 aromatic carbocycles. The molecule has 0 spiro atoms. The van der Waals surface area contributed by atoms with E-state index in [4.69, 9.17) is 14.5 Å². The van der Waals surface area contributed by atoms with Gasteiger partial charge in [-0.1, -0.05) is 30.3 Å². The van der Waals surface area contributed by atoms with Gasteiger partial charge in [-0.15, -0.1) is 0 Å². The Morgan fingerprint density at radius 1 is 1.15 bits per heavy atom. The van der Waals surface area contributed by atoms with Crippen LogP contribution in [0.25, 0.3) is 22.5 Å². The van der Waals surface area contributed by atoms with Crippen molar-refractivity contribution in [1.29, 1.82) is 0 Å². The van der Waals surface area contributed by atoms with E-state index in [-0.39, 0.29) is 6.10 Å². The Balaban J connectivity index is 1.75. The highest BCUT2D eigenvalue weighted by Crippen LogP contribution is 2.31. The molecule has 1 unspecified atom stereocenters. The van der Waals surface area contributed by atoms with Crippen LogP contribution in [0.5, 0.6) is 0 Å². The molecule has 1 fully saturated rings. The number of imidazole rings is 1. The molecule has 1 aliphatic heterocycles. The summed E-state index contributed by atoms with van der Waals surface area (Å²) in [6, 6.07) is 10.6. The van der Waals surface area contributed by atoms with Gasteiger partial charge in [0.1, 0.15) is 0 Å². The second-order valence-corrected chi connectivity index (χ2v) is 6.83. The predicted octanol–water partition coefficient (Wildman–Crippen LogP) is 3.41. The molecular weight excluding hydrogens is 328 g/mol. The van der Waals surface area contributed by atoms with Crippen molar-refractivity contribution in [3.63, 3.8) is 0 Å². The quantitative estimate of drug-likeness (QED) is 0.706. The highest BCUT2D eigenvalue weighted by atomic mass is 16.6. The zero-order valence-electron chi connectivity index (χ0n) is 15.2. The number of rotatable bonds is 5. The Morgan fingerprint density at radius 3 is 2.69 bits per heavy atom. The van der Waals surface area contributed by atoms with Gasteiger partial charge >= 0.3 is 0 Å². The zero-order valence-corrected chi connectivity index (χ0v) is 15.2. The Hall–Kier alpha value is -2.44. The molecule has 0 bridgehead atoms. The second kappa shape index (κ2) is 7.43. The summed E-state index contributed by atoms with van der Waals surface area (Å²) >= 11 is 0. The summed E-state index contributed by atoms with van der Waals surface area (Å²) in [5.74, 6) is 0. The van der Waals surface area contributed by atoms with Crippen LogP contribution in [0.2, 0.25) is 0 Å². The van der Waals surface area contributed by atoms with E-state index >= 15 is 0 Å². The normalized spacial score (nSPS) is 17.7. The van der Waals surface area contributed by atoms with E-state index in [0.717, 1.165) is 22.5 Å². The minimum atomic E-state index is 0.0421. The lowest BCUT2D eigenvalue weighted by atomic mass is 10.1. The van der Waals surface area contributed by atoms with Crippen molar-refractivity contribution in [2.75, 3.05) is 19.8 Å². The van der Waals surface area contributed by atoms with Crippen LogP contribution in [0.15, 0.2) is 49.1 Å². The minimum Gasteiger partial charge on any atom is -0.376 e. The van der Waals surface area contributed by atoms with E-state index in [1.807, 2.05) is 35.4 Å². The topological polar surface area (TPSA) is 54.1 Å². The third kappa shape index (κ3) is 3.43. The van der Waals surface area contributed by atoms with Gasteiger partial charge in [0.25, 0.3) is 0 Å². The summed E-state index contributed by atoms with van der Waals surface area (Å²) in [6.45, 7) is 6.89. The van der Waals surface area contributed by atoms with Crippen molar-refractivity contribution in [3.8, 4) is 22.5 Å². The number of ether oxygens (including phenoxy) is 2. The standard InChI is InChI=1S/C20H24N4O2/c1-15(2)24-11-17(10-22-24)20-19(16-6-4-3-5-7-16)21-14-23(20)12-18-13-25-8-9-26-18/h3-7,10-11,14-15,18H,8-9,12-13H2,1-2H3. The lowest BCUT2D eigenvalue weighted by molar-refractivity contribution is -0.0934. The van der Waals surface area contributed by atoms with Gasteiger partial charge in [0, 0.05) is 23.4 Å². The summed E-state index contributed by atoms with van der Waals surface area (Å²) in [5.41, 5.74) is 4.19. The van der Waals surface area contributed by atoms with Gasteiger partial charge in [0.05, 0.1) is 56.4 Å². The summed E-state index contributed by atoms with van der Waals surface area (Å²) in [4.78, 5) is 4.71. The highest BCUT2D eigenvalue weighted by molar-refractivity contribution is 5.78. The Bertz CT molecular complexity index is 848. The average molecular weight is 352 g/mol. The van der Waals surface area contributed by atoms with Crippen molar-refractivity contribution < 1.29 is 9.47 Å². The molecule has 2 aromatic heterocycles. The maximum absolute atomic E-state index is 5.84. The fourth-order valence-corrected chi connectivity index (χ4v) is 3.23. The van der Waals surface area contributed by atoms with Gasteiger partial charge in [-0.05, 0) is 13.8 Å². The number of hydrogen-bond donors (Lipinski definition) is 0. The van der Waals surface area contributed by atoms with E-state index in [9.17, 15) is 0 Å². The highest BCUT2D eigenvalue weighted by Gasteiger charge is 2.21. The van der Waals surface area contributed by atoms with Gasteiger partial charge in [-0.3, -0.25) is 4.68 Å². The monoisotopic (exact) mass is 352 g/mol. The molecule has 0 saturated carbocycles. The van der Waals surface area contributed by atoms with Crippen molar-refractivity contribution in [2.45, 2.75) is 32.5 Å². The third-order valence-electron chi connectivity index (χ3n) is 4.57. The summed E-state index contributed by atoms with van der Waals surface area (Å²) in [6.07, 6.45) is 5.93. The molecule has 3 heterocycles. The first kappa shape index (κ1) is 17.0. The molecule has 0 radical (unpaired) electrons. The van der Waals surface area contributed by atoms with Crippen molar-refractivity contribution in [1.82, 2.24) is 19.3 Å². The molecule has 4 rings (SSSR count). The fraction of sp³-hybridized carbons (Fsp3) is 0.400. The molecular formula is C20H24N4O2. The fourth-order valence-electron chi connectivity index (χ4n) is 3.23. The van der Waals surface area contributed by atoms with Crippen molar-refractivity contribution in [2.24, 2.45) is 0 Å². The first-order chi connectivity index (χ1) is 12.7. The molecule has 1 aliphatic rings. The minimum absolute atomic E-state index is 0.0421. The molecule has 0 N–H and O–H groups in total. The van der Waals surface area contributed by atoms with Crippen LogP contribution < -0.4 is 0 Å². The molecule has 6 heteroatoms. The third-order valence-corrected chi connectivity index (χ3v) is 4.57. The van der Waals surface area contributed by atoms with E-state index in [1.165, 1.54) is 0 Å². The number of nitrogens with zero attached hydrogens (tertiary/aromatic N) is 4. The van der Waals surface area contributed by atoms with Gasteiger partial charge in [-0.2, -0.15) is 5.10 Å². The van der Waals surface area contributed by atoms with Crippen LogP contribution in [0.3, 0.4) is 0 Å². The molecule has 3 aromatic rings. The lowest BCUT2D eigenvalue weighted by Gasteiger charge is -2.24. The van der Waals surface area contributed by atoms with Crippen LogP contribution in [0.1, 0.15) is 19.9 Å². The molecule has 1 saturated heterocycles. The molecule has 0 aliphatic carbocycles. The maximum atomic E-state index is 5.84.